The van der Waals surface area contributed by atoms with Gasteiger partial charge in [-0.25, -0.2) is 13.8 Å². The molecule has 3 nitrogen and oxygen atoms in total. The fourth-order valence-corrected chi connectivity index (χ4v) is 1.52. The van der Waals surface area contributed by atoms with Crippen LogP contribution in [0.1, 0.15) is 15.9 Å². The highest BCUT2D eigenvalue weighted by Gasteiger charge is 2.16. The quantitative estimate of drug-likeness (QED) is 0.785. The van der Waals surface area contributed by atoms with Crippen LogP contribution in [0.2, 0.25) is 0 Å². The molecule has 0 amide bonds. The molecule has 18 heavy (non-hydrogen) atoms. The van der Waals surface area contributed by atoms with Crippen LogP contribution in [0.15, 0.2) is 36.5 Å². The van der Waals surface area contributed by atoms with Crippen molar-refractivity contribution in [3.05, 3.63) is 59.3 Å². The van der Waals surface area contributed by atoms with Crippen molar-refractivity contribution in [2.24, 2.45) is 0 Å². The van der Waals surface area contributed by atoms with Crippen LogP contribution in [0.4, 0.5) is 8.78 Å². The lowest BCUT2D eigenvalue weighted by Gasteiger charge is -2.06. The van der Waals surface area contributed by atoms with E-state index in [2.05, 4.69) is 4.98 Å². The van der Waals surface area contributed by atoms with Crippen LogP contribution in [-0.2, 0) is 0 Å². The second kappa shape index (κ2) is 4.91. The molecule has 0 aliphatic heterocycles. The maximum Gasteiger partial charge on any atom is 0.224 e. The maximum absolute atomic E-state index is 13.1. The van der Waals surface area contributed by atoms with Crippen molar-refractivity contribution in [3.8, 4) is 5.88 Å². The van der Waals surface area contributed by atoms with E-state index in [-0.39, 0.29) is 17.0 Å². The average molecular weight is 249 g/mol. The van der Waals surface area contributed by atoms with Crippen molar-refractivity contribution >= 4 is 5.78 Å². The Balaban J connectivity index is 2.44. The first-order valence-corrected chi connectivity index (χ1v) is 5.12. The molecule has 0 unspecified atom stereocenters. The van der Waals surface area contributed by atoms with Gasteiger partial charge in [-0.15, -0.1) is 0 Å². The first kappa shape index (κ1) is 12.2. The normalized spacial score (nSPS) is 10.2. The van der Waals surface area contributed by atoms with Crippen LogP contribution in [0.5, 0.6) is 5.88 Å². The number of rotatable bonds is 3. The molecule has 0 aliphatic carbocycles. The van der Waals surface area contributed by atoms with E-state index in [1.54, 1.807) is 6.07 Å². The number of carbonyl (C=O) groups is 1. The molecular weight excluding hydrogens is 240 g/mol. The number of hydrogen-bond donors (Lipinski definition) is 0. The summed E-state index contributed by atoms with van der Waals surface area (Å²) in [6.45, 7) is 0. The Kier molecular flexibility index (Phi) is 3.32. The van der Waals surface area contributed by atoms with Crippen LogP contribution in [0.25, 0.3) is 0 Å². The van der Waals surface area contributed by atoms with Gasteiger partial charge in [-0.3, -0.25) is 4.79 Å². The molecule has 0 fully saturated rings. The predicted molar refractivity (Wildman–Crippen MR) is 60.6 cm³/mol. The lowest BCUT2D eigenvalue weighted by Crippen LogP contribution is -2.06. The summed E-state index contributed by atoms with van der Waals surface area (Å²) < 4.78 is 30.8. The summed E-state index contributed by atoms with van der Waals surface area (Å²) >= 11 is 0. The molecular formula is C13H9F2NO2. The van der Waals surface area contributed by atoms with Crippen molar-refractivity contribution in [2.75, 3.05) is 7.11 Å². The largest absolute Gasteiger partial charge is 0.480 e. The van der Waals surface area contributed by atoms with E-state index in [9.17, 15) is 13.6 Å². The number of carbonyl (C=O) groups excluding carboxylic acids is 1. The van der Waals surface area contributed by atoms with Crippen molar-refractivity contribution in [3.63, 3.8) is 0 Å². The van der Waals surface area contributed by atoms with Gasteiger partial charge in [-0.2, -0.15) is 0 Å². The van der Waals surface area contributed by atoms with Gasteiger partial charge in [-0.05, 0) is 30.3 Å². The third-order valence-electron chi connectivity index (χ3n) is 2.39. The molecule has 1 heterocycles. The molecule has 0 radical (unpaired) electrons. The summed E-state index contributed by atoms with van der Waals surface area (Å²) in [7, 11) is 1.38. The topological polar surface area (TPSA) is 39.2 Å². The Bertz CT molecular complexity index is 599. The molecule has 0 bridgehead atoms. The van der Waals surface area contributed by atoms with Gasteiger partial charge in [0.25, 0.3) is 0 Å². The van der Waals surface area contributed by atoms with Crippen molar-refractivity contribution in [2.45, 2.75) is 0 Å². The molecule has 0 saturated heterocycles. The van der Waals surface area contributed by atoms with E-state index in [4.69, 9.17) is 4.74 Å². The summed E-state index contributed by atoms with van der Waals surface area (Å²) in [4.78, 5) is 16.0. The van der Waals surface area contributed by atoms with Gasteiger partial charge in [0.15, 0.2) is 17.4 Å². The summed E-state index contributed by atoms with van der Waals surface area (Å²) in [5.74, 6) is -2.39. The van der Waals surface area contributed by atoms with Crippen LogP contribution >= 0.6 is 0 Å². The first-order valence-electron chi connectivity index (χ1n) is 5.12. The Morgan fingerprint density at radius 2 is 2.00 bits per heavy atom. The highest BCUT2D eigenvalue weighted by Crippen LogP contribution is 2.19. The molecule has 1 aromatic carbocycles. The molecule has 0 spiro atoms. The summed E-state index contributed by atoms with van der Waals surface area (Å²) in [6.07, 6.45) is 1.47. The van der Waals surface area contributed by atoms with Gasteiger partial charge in [-0.1, -0.05) is 0 Å². The van der Waals surface area contributed by atoms with Crippen molar-refractivity contribution in [1.82, 2.24) is 4.98 Å². The Hall–Kier alpha value is -2.30. The molecule has 0 N–H and O–H groups in total. The van der Waals surface area contributed by atoms with Gasteiger partial charge < -0.3 is 4.74 Å². The number of halogens is 2. The predicted octanol–water partition coefficient (Wildman–Crippen LogP) is 2.60. The fourth-order valence-electron chi connectivity index (χ4n) is 1.52. The van der Waals surface area contributed by atoms with Crippen molar-refractivity contribution < 1.29 is 18.3 Å². The fraction of sp³-hybridized carbons (Fsp3) is 0.0769. The SMILES string of the molecule is COc1ncccc1C(=O)c1ccc(F)c(F)c1. The van der Waals surface area contributed by atoms with Crippen LogP contribution in [0.3, 0.4) is 0 Å². The zero-order valence-electron chi connectivity index (χ0n) is 9.48. The van der Waals surface area contributed by atoms with E-state index in [1.807, 2.05) is 0 Å². The van der Waals surface area contributed by atoms with E-state index in [1.165, 1.54) is 25.4 Å². The smallest absolute Gasteiger partial charge is 0.224 e. The Morgan fingerprint density at radius 1 is 1.22 bits per heavy atom. The minimum atomic E-state index is -1.07. The van der Waals surface area contributed by atoms with Gasteiger partial charge in [0, 0.05) is 11.8 Å². The minimum Gasteiger partial charge on any atom is -0.480 e. The minimum absolute atomic E-state index is 0.0419. The monoisotopic (exact) mass is 249 g/mol. The second-order valence-electron chi connectivity index (χ2n) is 3.52. The molecule has 2 aromatic rings. The van der Waals surface area contributed by atoms with Gasteiger partial charge >= 0.3 is 0 Å². The van der Waals surface area contributed by atoms with E-state index >= 15 is 0 Å². The van der Waals surface area contributed by atoms with Gasteiger partial charge in [0.1, 0.15) is 0 Å². The number of benzene rings is 1. The van der Waals surface area contributed by atoms with E-state index in [0.717, 1.165) is 12.1 Å². The van der Waals surface area contributed by atoms with Gasteiger partial charge in [0.2, 0.25) is 5.88 Å². The molecule has 0 aliphatic rings. The lowest BCUT2D eigenvalue weighted by molar-refractivity contribution is 0.103. The molecule has 0 saturated carbocycles. The summed E-state index contributed by atoms with van der Waals surface area (Å²) in [5.41, 5.74) is 0.242. The molecule has 0 atom stereocenters. The number of ether oxygens (including phenoxy) is 1. The number of hydrogen-bond acceptors (Lipinski definition) is 3. The molecule has 2 rings (SSSR count). The van der Waals surface area contributed by atoms with Crippen LogP contribution in [-0.4, -0.2) is 17.9 Å². The Morgan fingerprint density at radius 3 is 2.67 bits per heavy atom. The number of methoxy groups -OCH3 is 1. The van der Waals surface area contributed by atoms with Gasteiger partial charge in [0.05, 0.1) is 12.7 Å². The number of nitrogens with zero attached hydrogens (tertiary/aromatic N) is 1. The lowest BCUT2D eigenvalue weighted by atomic mass is 10.0. The highest BCUT2D eigenvalue weighted by atomic mass is 19.2. The van der Waals surface area contributed by atoms with Crippen molar-refractivity contribution in [1.29, 1.82) is 0 Å². The average Bonchev–Trinajstić information content (AvgIpc) is 2.41. The second-order valence-corrected chi connectivity index (χ2v) is 3.52. The summed E-state index contributed by atoms with van der Waals surface area (Å²) in [5, 5.41) is 0. The number of ketones is 1. The van der Waals surface area contributed by atoms with Crippen LogP contribution in [0, 0.1) is 11.6 Å². The highest BCUT2D eigenvalue weighted by molar-refractivity contribution is 6.10. The summed E-state index contributed by atoms with van der Waals surface area (Å²) in [6, 6.07) is 6.05. The molecule has 5 heteroatoms. The molecule has 92 valence electrons. The zero-order valence-corrected chi connectivity index (χ0v) is 9.48. The first-order chi connectivity index (χ1) is 8.63. The van der Waals surface area contributed by atoms with Crippen LogP contribution < -0.4 is 4.74 Å². The number of aromatic nitrogens is 1. The zero-order chi connectivity index (χ0) is 13.1. The standard InChI is InChI=1S/C13H9F2NO2/c1-18-13-9(3-2-6-16-13)12(17)8-4-5-10(14)11(15)7-8/h2-7H,1H3. The van der Waals surface area contributed by atoms with E-state index < -0.39 is 17.4 Å². The third kappa shape index (κ3) is 2.20. The number of pyridine rings is 1. The Labute approximate surface area is 102 Å². The molecule has 1 aromatic heterocycles. The third-order valence-corrected chi connectivity index (χ3v) is 2.39. The maximum atomic E-state index is 13.1. The van der Waals surface area contributed by atoms with E-state index in [0.29, 0.717) is 0 Å².